The average molecular weight is 314 g/mol. The van der Waals surface area contributed by atoms with Crippen LogP contribution in [0.5, 0.6) is 5.75 Å². The molecule has 0 aliphatic carbocycles. The molecule has 0 spiro atoms. The number of ether oxygens (including phenoxy) is 1. The van der Waals surface area contributed by atoms with Crippen LogP contribution < -0.4 is 10.1 Å². The maximum Gasteiger partial charge on any atom is 0.143 e. The number of benzene rings is 1. The molecule has 0 saturated heterocycles. The zero-order chi connectivity index (χ0) is 13.4. The van der Waals surface area contributed by atoms with Gasteiger partial charge < -0.3 is 10.1 Å². The minimum absolute atomic E-state index is 0.912. The molecule has 0 atom stereocenters. The van der Waals surface area contributed by atoms with Gasteiger partial charge in [0.15, 0.2) is 0 Å². The summed E-state index contributed by atoms with van der Waals surface area (Å²) in [5, 5.41) is 3.49. The van der Waals surface area contributed by atoms with Crippen molar-refractivity contribution in [2.45, 2.75) is 46.0 Å². The van der Waals surface area contributed by atoms with E-state index in [1.54, 1.807) is 7.11 Å². The molecule has 0 aromatic heterocycles. The van der Waals surface area contributed by atoms with Crippen molar-refractivity contribution in [3.05, 3.63) is 22.2 Å². The van der Waals surface area contributed by atoms with Crippen molar-refractivity contribution in [3.8, 4) is 5.75 Å². The molecule has 0 amide bonds. The van der Waals surface area contributed by atoms with Crippen molar-refractivity contribution in [2.24, 2.45) is 0 Å². The lowest BCUT2D eigenvalue weighted by Crippen LogP contribution is -2.05. The van der Waals surface area contributed by atoms with E-state index in [-0.39, 0.29) is 0 Å². The fourth-order valence-electron chi connectivity index (χ4n) is 2.04. The molecule has 1 aromatic rings. The van der Waals surface area contributed by atoms with Crippen LogP contribution in [0.2, 0.25) is 0 Å². The van der Waals surface area contributed by atoms with Crippen LogP contribution in [0.15, 0.2) is 16.6 Å². The van der Waals surface area contributed by atoms with Crippen LogP contribution in [-0.2, 0) is 0 Å². The average Bonchev–Trinajstić information content (AvgIpc) is 2.35. The standard InChI is InChI=1S/C15H24BrNO/c1-4-5-6-7-8-9-17-15-12(2)10-13(16)11-14(15)18-3/h10-11,17H,4-9H2,1-3H3. The van der Waals surface area contributed by atoms with Crippen LogP contribution in [0.3, 0.4) is 0 Å². The highest BCUT2D eigenvalue weighted by atomic mass is 79.9. The number of anilines is 1. The summed E-state index contributed by atoms with van der Waals surface area (Å²) in [5.74, 6) is 0.912. The number of methoxy groups -OCH3 is 1. The summed E-state index contributed by atoms with van der Waals surface area (Å²) in [6.45, 7) is 5.36. The first kappa shape index (κ1) is 15.4. The summed E-state index contributed by atoms with van der Waals surface area (Å²) in [7, 11) is 1.72. The molecule has 1 N–H and O–H groups in total. The third-order valence-corrected chi connectivity index (χ3v) is 3.52. The Bertz CT molecular complexity index is 366. The maximum atomic E-state index is 5.41. The second kappa shape index (κ2) is 8.41. The third-order valence-electron chi connectivity index (χ3n) is 3.07. The predicted molar refractivity (Wildman–Crippen MR) is 82.7 cm³/mol. The van der Waals surface area contributed by atoms with E-state index in [0.717, 1.165) is 22.5 Å². The Morgan fingerprint density at radius 1 is 1.17 bits per heavy atom. The summed E-state index contributed by atoms with van der Waals surface area (Å²) < 4.78 is 6.47. The van der Waals surface area contributed by atoms with E-state index >= 15 is 0 Å². The summed E-state index contributed by atoms with van der Waals surface area (Å²) in [4.78, 5) is 0. The van der Waals surface area contributed by atoms with Crippen molar-refractivity contribution < 1.29 is 4.74 Å². The van der Waals surface area contributed by atoms with Crippen LogP contribution in [0.25, 0.3) is 0 Å². The molecule has 0 bridgehead atoms. The molecule has 1 rings (SSSR count). The third kappa shape index (κ3) is 4.89. The van der Waals surface area contributed by atoms with Crippen LogP contribution >= 0.6 is 15.9 Å². The minimum atomic E-state index is 0.912. The Balaban J connectivity index is 2.46. The van der Waals surface area contributed by atoms with E-state index in [0.29, 0.717) is 0 Å². The number of unbranched alkanes of at least 4 members (excludes halogenated alkanes) is 4. The van der Waals surface area contributed by atoms with Gasteiger partial charge in [-0.05, 0) is 31.0 Å². The van der Waals surface area contributed by atoms with E-state index in [4.69, 9.17) is 4.74 Å². The Hall–Kier alpha value is -0.700. The fourth-order valence-corrected chi connectivity index (χ4v) is 2.59. The predicted octanol–water partition coefficient (Wildman–Crippen LogP) is 5.15. The Morgan fingerprint density at radius 2 is 1.89 bits per heavy atom. The first-order chi connectivity index (χ1) is 8.69. The summed E-state index contributed by atoms with van der Waals surface area (Å²) >= 11 is 3.49. The number of halogens is 1. The van der Waals surface area contributed by atoms with Crippen LogP contribution in [0, 0.1) is 6.92 Å². The van der Waals surface area contributed by atoms with Gasteiger partial charge in [0.1, 0.15) is 5.75 Å². The number of hydrogen-bond acceptors (Lipinski definition) is 2. The van der Waals surface area contributed by atoms with Gasteiger partial charge in [0, 0.05) is 11.0 Å². The maximum absolute atomic E-state index is 5.41. The lowest BCUT2D eigenvalue weighted by atomic mass is 10.1. The van der Waals surface area contributed by atoms with Gasteiger partial charge >= 0.3 is 0 Å². The number of nitrogens with one attached hydrogen (secondary N) is 1. The Kier molecular flexibility index (Phi) is 7.18. The molecular weight excluding hydrogens is 290 g/mol. The normalized spacial score (nSPS) is 10.4. The summed E-state index contributed by atoms with van der Waals surface area (Å²) in [6.07, 6.45) is 6.51. The highest BCUT2D eigenvalue weighted by Crippen LogP contribution is 2.32. The van der Waals surface area contributed by atoms with Gasteiger partial charge in [-0.2, -0.15) is 0 Å². The first-order valence-electron chi connectivity index (χ1n) is 6.77. The van der Waals surface area contributed by atoms with E-state index in [1.807, 2.05) is 6.07 Å². The molecule has 0 unspecified atom stereocenters. The summed E-state index contributed by atoms with van der Waals surface area (Å²) in [5.41, 5.74) is 2.34. The Morgan fingerprint density at radius 3 is 2.56 bits per heavy atom. The van der Waals surface area contributed by atoms with Crippen LogP contribution in [-0.4, -0.2) is 13.7 Å². The first-order valence-corrected chi connectivity index (χ1v) is 7.56. The highest BCUT2D eigenvalue weighted by Gasteiger charge is 2.07. The van der Waals surface area contributed by atoms with E-state index < -0.39 is 0 Å². The molecule has 0 radical (unpaired) electrons. The monoisotopic (exact) mass is 313 g/mol. The van der Waals surface area contributed by atoms with E-state index in [1.165, 1.54) is 37.7 Å². The lowest BCUT2D eigenvalue weighted by Gasteiger charge is -2.14. The molecule has 0 aliphatic heterocycles. The SMILES string of the molecule is CCCCCCCNc1c(C)cc(Br)cc1OC. The molecule has 3 heteroatoms. The van der Waals surface area contributed by atoms with Gasteiger partial charge in [-0.3, -0.25) is 0 Å². The smallest absolute Gasteiger partial charge is 0.143 e. The Labute approximate surface area is 119 Å². The number of aryl methyl sites for hydroxylation is 1. The second-order valence-electron chi connectivity index (χ2n) is 4.64. The van der Waals surface area contributed by atoms with Gasteiger partial charge in [-0.15, -0.1) is 0 Å². The minimum Gasteiger partial charge on any atom is -0.495 e. The van der Waals surface area contributed by atoms with Gasteiger partial charge in [-0.25, -0.2) is 0 Å². The topological polar surface area (TPSA) is 21.3 Å². The molecule has 0 heterocycles. The van der Waals surface area contributed by atoms with E-state index in [2.05, 4.69) is 41.2 Å². The van der Waals surface area contributed by atoms with Gasteiger partial charge in [0.25, 0.3) is 0 Å². The molecule has 18 heavy (non-hydrogen) atoms. The molecule has 0 aliphatic rings. The zero-order valence-electron chi connectivity index (χ0n) is 11.7. The molecule has 0 saturated carbocycles. The van der Waals surface area contributed by atoms with Gasteiger partial charge in [0.2, 0.25) is 0 Å². The van der Waals surface area contributed by atoms with Crippen molar-refractivity contribution in [3.63, 3.8) is 0 Å². The zero-order valence-corrected chi connectivity index (χ0v) is 13.3. The second-order valence-corrected chi connectivity index (χ2v) is 5.56. The molecule has 102 valence electrons. The lowest BCUT2D eigenvalue weighted by molar-refractivity contribution is 0.416. The van der Waals surface area contributed by atoms with Crippen LogP contribution in [0.4, 0.5) is 5.69 Å². The van der Waals surface area contributed by atoms with E-state index in [9.17, 15) is 0 Å². The number of rotatable bonds is 8. The molecule has 2 nitrogen and oxygen atoms in total. The van der Waals surface area contributed by atoms with Crippen molar-refractivity contribution in [1.29, 1.82) is 0 Å². The van der Waals surface area contributed by atoms with Gasteiger partial charge in [0.05, 0.1) is 12.8 Å². The fraction of sp³-hybridized carbons (Fsp3) is 0.600. The number of hydrogen-bond donors (Lipinski definition) is 1. The van der Waals surface area contributed by atoms with Crippen molar-refractivity contribution in [2.75, 3.05) is 19.0 Å². The molecule has 1 aromatic carbocycles. The highest BCUT2D eigenvalue weighted by molar-refractivity contribution is 9.10. The van der Waals surface area contributed by atoms with Crippen molar-refractivity contribution >= 4 is 21.6 Å². The quantitative estimate of drug-likeness (QED) is 0.670. The molecule has 0 fully saturated rings. The van der Waals surface area contributed by atoms with Gasteiger partial charge in [-0.1, -0.05) is 48.5 Å². The summed E-state index contributed by atoms with van der Waals surface area (Å²) in [6, 6.07) is 4.12. The largest absolute Gasteiger partial charge is 0.495 e. The van der Waals surface area contributed by atoms with Crippen molar-refractivity contribution in [1.82, 2.24) is 0 Å². The molecular formula is C15H24BrNO. The van der Waals surface area contributed by atoms with Crippen LogP contribution in [0.1, 0.15) is 44.6 Å².